The summed E-state index contributed by atoms with van der Waals surface area (Å²) in [5.74, 6) is 0.931. The third-order valence-corrected chi connectivity index (χ3v) is 7.78. The van der Waals surface area contributed by atoms with E-state index in [-0.39, 0.29) is 24.4 Å². The lowest BCUT2D eigenvalue weighted by Gasteiger charge is -2.40. The first kappa shape index (κ1) is 25.0. The van der Waals surface area contributed by atoms with Gasteiger partial charge in [0.15, 0.2) is 0 Å². The number of carbonyl (C=O) groups is 2. The van der Waals surface area contributed by atoms with Gasteiger partial charge in [0.1, 0.15) is 6.54 Å². The molecule has 35 heavy (non-hydrogen) atoms. The smallest absolute Gasteiger partial charge is 0.244 e. The number of carbonyl (C=O) groups excluding carboxylic acids is 2. The van der Waals surface area contributed by atoms with Crippen molar-refractivity contribution in [1.82, 2.24) is 24.6 Å². The van der Waals surface area contributed by atoms with Gasteiger partial charge < -0.3 is 9.80 Å². The number of benzene rings is 1. The lowest BCUT2D eigenvalue weighted by atomic mass is 9.84. The summed E-state index contributed by atoms with van der Waals surface area (Å²) in [4.78, 5) is 34.1. The van der Waals surface area contributed by atoms with Crippen molar-refractivity contribution in [3.8, 4) is 0 Å². The minimum atomic E-state index is 0.0533. The molecule has 1 aliphatic rings. The van der Waals surface area contributed by atoms with E-state index in [1.807, 2.05) is 53.4 Å². The number of aromatic nitrogens is 3. The number of likely N-dealkylation sites (N-methyl/N-ethyl adjacent to an activating group) is 1. The summed E-state index contributed by atoms with van der Waals surface area (Å²) in [5.41, 5.74) is 2.51. The largest absolute Gasteiger partial charge is 0.342 e. The van der Waals surface area contributed by atoms with Crippen LogP contribution in [0.2, 0.25) is 0 Å². The van der Waals surface area contributed by atoms with Gasteiger partial charge in [-0.3, -0.25) is 14.3 Å². The summed E-state index contributed by atoms with van der Waals surface area (Å²) in [5, 5.41) is 5.06. The Morgan fingerprint density at radius 3 is 2.54 bits per heavy atom. The van der Waals surface area contributed by atoms with Gasteiger partial charge in [0.05, 0.1) is 10.8 Å². The predicted molar refractivity (Wildman–Crippen MR) is 138 cm³/mol. The third-order valence-electron chi connectivity index (χ3n) is 6.86. The molecule has 184 valence electrons. The van der Waals surface area contributed by atoms with Crippen LogP contribution in [-0.4, -0.2) is 68.3 Å². The van der Waals surface area contributed by atoms with Gasteiger partial charge in [-0.15, -0.1) is 0 Å². The predicted octanol–water partition coefficient (Wildman–Crippen LogP) is 3.69. The standard InChI is InChI=1S/C27H33N5O2S/c1-21-8-3-4-9-23(21)18-24(30(2)26(33)19-32-15-7-14-29-32)22-11-16-31(17-12-22)27(34)20-35-25-10-5-6-13-28-25/h3-10,13-15,22,24H,11-12,16-20H2,1-2H3/t24-/m0/s1. The Bertz CT molecular complexity index is 1100. The highest BCUT2D eigenvalue weighted by molar-refractivity contribution is 7.99. The maximum absolute atomic E-state index is 13.2. The average molecular weight is 492 g/mol. The first-order chi connectivity index (χ1) is 17.0. The van der Waals surface area contributed by atoms with E-state index in [0.717, 1.165) is 37.4 Å². The van der Waals surface area contributed by atoms with E-state index in [4.69, 9.17) is 0 Å². The van der Waals surface area contributed by atoms with Gasteiger partial charge in [0, 0.05) is 44.8 Å². The van der Waals surface area contributed by atoms with Crippen LogP contribution in [0.4, 0.5) is 0 Å². The number of likely N-dealkylation sites (tertiary alicyclic amines) is 1. The van der Waals surface area contributed by atoms with Gasteiger partial charge in [-0.2, -0.15) is 5.10 Å². The Morgan fingerprint density at radius 2 is 1.86 bits per heavy atom. The van der Waals surface area contributed by atoms with Crippen LogP contribution in [0, 0.1) is 12.8 Å². The quantitative estimate of drug-likeness (QED) is 0.427. The zero-order valence-electron chi connectivity index (χ0n) is 20.4. The Kier molecular flexibility index (Phi) is 8.58. The van der Waals surface area contributed by atoms with Crippen LogP contribution >= 0.6 is 11.8 Å². The summed E-state index contributed by atoms with van der Waals surface area (Å²) < 4.78 is 1.67. The maximum Gasteiger partial charge on any atom is 0.244 e. The van der Waals surface area contributed by atoms with Crippen molar-refractivity contribution >= 4 is 23.6 Å². The summed E-state index contributed by atoms with van der Waals surface area (Å²) in [6, 6.07) is 16.0. The molecule has 8 heteroatoms. The van der Waals surface area contributed by atoms with Crippen molar-refractivity contribution in [2.24, 2.45) is 5.92 Å². The highest BCUT2D eigenvalue weighted by Gasteiger charge is 2.33. The molecule has 1 fully saturated rings. The second kappa shape index (κ2) is 12.0. The SMILES string of the molecule is Cc1ccccc1C[C@@H](C1CCN(C(=O)CSc2ccccn2)CC1)N(C)C(=O)Cn1cccn1. The van der Waals surface area contributed by atoms with Gasteiger partial charge in [0.25, 0.3) is 0 Å². The molecular weight excluding hydrogens is 458 g/mol. The number of hydrogen-bond donors (Lipinski definition) is 0. The van der Waals surface area contributed by atoms with Crippen LogP contribution in [0.3, 0.4) is 0 Å². The summed E-state index contributed by atoms with van der Waals surface area (Å²) >= 11 is 1.48. The highest BCUT2D eigenvalue weighted by Crippen LogP contribution is 2.28. The molecule has 2 amide bonds. The molecule has 4 rings (SSSR count). The zero-order valence-corrected chi connectivity index (χ0v) is 21.2. The van der Waals surface area contributed by atoms with Crippen molar-refractivity contribution in [2.45, 2.75) is 43.8 Å². The number of rotatable bonds is 9. The number of pyridine rings is 1. The fraction of sp³-hybridized carbons (Fsp3) is 0.407. The van der Waals surface area contributed by atoms with Gasteiger partial charge >= 0.3 is 0 Å². The molecule has 1 aliphatic heterocycles. The zero-order chi connectivity index (χ0) is 24.6. The van der Waals surface area contributed by atoms with Crippen molar-refractivity contribution in [1.29, 1.82) is 0 Å². The van der Waals surface area contributed by atoms with E-state index in [1.165, 1.54) is 22.9 Å². The number of aryl methyl sites for hydroxylation is 1. The van der Waals surface area contributed by atoms with Crippen LogP contribution in [-0.2, 0) is 22.6 Å². The molecule has 0 bridgehead atoms. The van der Waals surface area contributed by atoms with Gasteiger partial charge in [-0.1, -0.05) is 42.1 Å². The molecule has 0 radical (unpaired) electrons. The third kappa shape index (κ3) is 6.72. The molecule has 1 saturated heterocycles. The fourth-order valence-electron chi connectivity index (χ4n) is 4.71. The molecule has 7 nitrogen and oxygen atoms in total. The number of nitrogens with zero attached hydrogens (tertiary/aromatic N) is 5. The van der Waals surface area contributed by atoms with E-state index in [1.54, 1.807) is 17.1 Å². The Morgan fingerprint density at radius 1 is 1.09 bits per heavy atom. The van der Waals surface area contributed by atoms with Crippen LogP contribution in [0.1, 0.15) is 24.0 Å². The first-order valence-corrected chi connectivity index (χ1v) is 13.1. The first-order valence-electron chi connectivity index (χ1n) is 12.1. The lowest BCUT2D eigenvalue weighted by molar-refractivity contribution is -0.136. The molecular formula is C27H33N5O2S. The molecule has 0 saturated carbocycles. The van der Waals surface area contributed by atoms with Crippen molar-refractivity contribution in [2.75, 3.05) is 25.9 Å². The van der Waals surface area contributed by atoms with E-state index in [2.05, 4.69) is 35.2 Å². The second-order valence-corrected chi connectivity index (χ2v) is 10.1. The minimum absolute atomic E-state index is 0.0533. The molecule has 3 heterocycles. The topological polar surface area (TPSA) is 71.3 Å². The Hall–Kier alpha value is -3.13. The lowest BCUT2D eigenvalue weighted by Crippen LogP contribution is -2.49. The number of hydrogen-bond acceptors (Lipinski definition) is 5. The molecule has 3 aromatic rings. The minimum Gasteiger partial charge on any atom is -0.342 e. The molecule has 0 aliphatic carbocycles. The van der Waals surface area contributed by atoms with Crippen molar-refractivity contribution in [3.05, 3.63) is 78.2 Å². The number of piperidine rings is 1. The van der Waals surface area contributed by atoms with Gasteiger partial charge in [0.2, 0.25) is 11.8 Å². The van der Waals surface area contributed by atoms with Crippen molar-refractivity contribution < 1.29 is 9.59 Å². The van der Waals surface area contributed by atoms with Gasteiger partial charge in [-0.25, -0.2) is 4.98 Å². The summed E-state index contributed by atoms with van der Waals surface area (Å²) in [6.45, 7) is 3.80. The molecule has 2 aromatic heterocycles. The second-order valence-electron chi connectivity index (χ2n) is 9.08. The fourth-order valence-corrected chi connectivity index (χ4v) is 5.47. The van der Waals surface area contributed by atoms with Gasteiger partial charge in [-0.05, 0) is 61.4 Å². The molecule has 1 aromatic carbocycles. The van der Waals surface area contributed by atoms with Crippen LogP contribution < -0.4 is 0 Å². The molecule has 0 spiro atoms. The molecule has 0 unspecified atom stereocenters. The molecule has 0 N–H and O–H groups in total. The highest BCUT2D eigenvalue weighted by atomic mass is 32.2. The van der Waals surface area contributed by atoms with E-state index in [0.29, 0.717) is 11.7 Å². The molecule has 1 atom stereocenters. The number of amides is 2. The number of thioether (sulfide) groups is 1. The Labute approximate surface area is 211 Å². The van der Waals surface area contributed by atoms with E-state index >= 15 is 0 Å². The van der Waals surface area contributed by atoms with Crippen molar-refractivity contribution in [3.63, 3.8) is 0 Å². The summed E-state index contributed by atoms with van der Waals surface area (Å²) in [7, 11) is 1.91. The Balaban J connectivity index is 1.40. The average Bonchev–Trinajstić information content (AvgIpc) is 3.40. The van der Waals surface area contributed by atoms with Crippen LogP contribution in [0.5, 0.6) is 0 Å². The van der Waals surface area contributed by atoms with E-state index < -0.39 is 0 Å². The normalized spacial score (nSPS) is 15.1. The monoisotopic (exact) mass is 491 g/mol. The van der Waals surface area contributed by atoms with Crippen LogP contribution in [0.25, 0.3) is 0 Å². The maximum atomic E-state index is 13.2. The van der Waals surface area contributed by atoms with Crippen LogP contribution in [0.15, 0.2) is 72.1 Å². The summed E-state index contributed by atoms with van der Waals surface area (Å²) in [6.07, 6.45) is 7.83. The van der Waals surface area contributed by atoms with E-state index in [9.17, 15) is 9.59 Å².